The van der Waals surface area contributed by atoms with E-state index < -0.39 is 5.97 Å². The van der Waals surface area contributed by atoms with E-state index in [9.17, 15) is 0 Å². The average Bonchev–Trinajstić information content (AvgIpc) is 2.60. The number of hydrogen-bond acceptors (Lipinski definition) is 4. The van der Waals surface area contributed by atoms with Crippen molar-refractivity contribution in [3.63, 3.8) is 0 Å². The molecule has 5 heteroatoms. The molecule has 3 rings (SSSR count). The van der Waals surface area contributed by atoms with Crippen LogP contribution >= 0.6 is 0 Å². The molecule has 26 heavy (non-hydrogen) atoms. The first kappa shape index (κ1) is 18.7. The predicted octanol–water partition coefficient (Wildman–Crippen LogP) is 2.57. The SMILES string of the molecule is C=C1C=CC(=[N+](c2ccc(N)cc2)c2ccc(N)cc2)C=C1.CC(=O)[O-]. The lowest BCUT2D eigenvalue weighted by Crippen LogP contribution is -2.16. The van der Waals surface area contributed by atoms with Crippen LogP contribution in [-0.2, 0) is 4.79 Å². The van der Waals surface area contributed by atoms with Crippen LogP contribution in [0.15, 0.2) is 85.0 Å². The number of carbonyl (C=O) groups is 1. The van der Waals surface area contributed by atoms with E-state index >= 15 is 0 Å². The van der Waals surface area contributed by atoms with Crippen molar-refractivity contribution in [2.24, 2.45) is 0 Å². The van der Waals surface area contributed by atoms with Crippen molar-refractivity contribution in [1.82, 2.24) is 4.58 Å². The van der Waals surface area contributed by atoms with Crippen LogP contribution < -0.4 is 21.1 Å². The highest BCUT2D eigenvalue weighted by atomic mass is 16.4. The second-order valence-electron chi connectivity index (χ2n) is 5.68. The molecule has 0 unspecified atom stereocenters. The quantitative estimate of drug-likeness (QED) is 0.645. The van der Waals surface area contributed by atoms with Gasteiger partial charge >= 0.3 is 0 Å². The van der Waals surface area contributed by atoms with Gasteiger partial charge in [0.25, 0.3) is 0 Å². The van der Waals surface area contributed by atoms with Crippen molar-refractivity contribution in [3.05, 3.63) is 85.0 Å². The smallest absolute Gasteiger partial charge is 0.211 e. The maximum atomic E-state index is 8.89. The molecule has 0 amide bonds. The van der Waals surface area contributed by atoms with Gasteiger partial charge in [0.15, 0.2) is 0 Å². The minimum Gasteiger partial charge on any atom is -0.550 e. The fourth-order valence-electron chi connectivity index (χ4n) is 2.34. The molecule has 1 aliphatic rings. The summed E-state index contributed by atoms with van der Waals surface area (Å²) in [6.07, 6.45) is 8.10. The van der Waals surface area contributed by atoms with Crippen molar-refractivity contribution in [2.75, 3.05) is 11.5 Å². The number of carboxylic acids is 1. The molecule has 0 saturated heterocycles. The molecule has 132 valence electrons. The molecule has 0 atom stereocenters. The molecule has 0 bridgehead atoms. The Kier molecular flexibility index (Phi) is 6.11. The molecule has 1 aliphatic carbocycles. The highest BCUT2D eigenvalue weighted by Crippen LogP contribution is 2.24. The van der Waals surface area contributed by atoms with Crippen LogP contribution in [0.2, 0.25) is 0 Å². The summed E-state index contributed by atoms with van der Waals surface area (Å²) in [6, 6.07) is 15.6. The number of aliphatic carboxylic acids is 1. The Bertz CT molecular complexity index is 820. The normalized spacial score (nSPS) is 12.3. The third kappa shape index (κ3) is 5.21. The molecule has 0 aromatic heterocycles. The third-order valence-corrected chi connectivity index (χ3v) is 3.50. The first-order valence-electron chi connectivity index (χ1n) is 7.97. The van der Waals surface area contributed by atoms with Gasteiger partial charge in [-0.05, 0) is 48.9 Å². The molecular weight excluding hydrogens is 326 g/mol. The van der Waals surface area contributed by atoms with Crippen LogP contribution in [0.25, 0.3) is 0 Å². The lowest BCUT2D eigenvalue weighted by molar-refractivity contribution is -0.302. The second-order valence-corrected chi connectivity index (χ2v) is 5.68. The summed E-state index contributed by atoms with van der Waals surface area (Å²) in [5.74, 6) is -1.08. The Labute approximate surface area is 152 Å². The van der Waals surface area contributed by atoms with E-state index in [1.54, 1.807) is 0 Å². The Balaban J connectivity index is 0.000000552. The molecule has 2 aromatic rings. The second kappa shape index (κ2) is 8.48. The van der Waals surface area contributed by atoms with Gasteiger partial charge in [-0.3, -0.25) is 0 Å². The van der Waals surface area contributed by atoms with Gasteiger partial charge < -0.3 is 21.4 Å². The van der Waals surface area contributed by atoms with Crippen molar-refractivity contribution in [1.29, 1.82) is 0 Å². The number of nitrogens with two attached hydrogens (primary N) is 2. The summed E-state index contributed by atoms with van der Waals surface area (Å²) >= 11 is 0. The van der Waals surface area contributed by atoms with Crippen molar-refractivity contribution in [2.45, 2.75) is 6.92 Å². The summed E-state index contributed by atoms with van der Waals surface area (Å²) in [4.78, 5) is 8.89. The van der Waals surface area contributed by atoms with Gasteiger partial charge in [0.2, 0.25) is 17.1 Å². The van der Waals surface area contributed by atoms with Gasteiger partial charge in [0.05, 0.1) is 0 Å². The van der Waals surface area contributed by atoms with Crippen molar-refractivity contribution >= 4 is 34.4 Å². The number of carboxylic acid groups (broad SMARTS) is 1. The number of benzene rings is 2. The molecule has 0 heterocycles. The van der Waals surface area contributed by atoms with Gasteiger partial charge in [0, 0.05) is 53.8 Å². The summed E-state index contributed by atoms with van der Waals surface area (Å²) in [7, 11) is 0. The van der Waals surface area contributed by atoms with Crippen LogP contribution in [0.3, 0.4) is 0 Å². The maximum Gasteiger partial charge on any atom is 0.211 e. The maximum absolute atomic E-state index is 8.89. The van der Waals surface area contributed by atoms with E-state index in [1.165, 1.54) is 0 Å². The number of rotatable bonds is 2. The van der Waals surface area contributed by atoms with Gasteiger partial charge in [0.1, 0.15) is 0 Å². The molecule has 0 spiro atoms. The van der Waals surface area contributed by atoms with Gasteiger partial charge in [-0.25, -0.2) is 0 Å². The molecule has 0 radical (unpaired) electrons. The van der Waals surface area contributed by atoms with E-state index in [0.717, 1.165) is 41.0 Å². The lowest BCUT2D eigenvalue weighted by Gasteiger charge is -2.08. The number of hydrogen-bond donors (Lipinski definition) is 2. The zero-order valence-electron chi connectivity index (χ0n) is 14.6. The molecule has 4 N–H and O–H groups in total. The van der Waals surface area contributed by atoms with E-state index in [2.05, 4.69) is 23.3 Å². The summed E-state index contributed by atoms with van der Waals surface area (Å²) in [5.41, 5.74) is 17.2. The standard InChI is InChI=1S/C19H18N3.C2H4O2/c1-14-2-8-17(9-3-14)22(18-10-4-15(20)5-11-18)19-12-6-16(21)7-13-19;1-2(3)4/h2-13H,1,20-21H2;1H3,(H,3,4)/q+1;/p-1. The fourth-order valence-corrected chi connectivity index (χ4v) is 2.34. The monoisotopic (exact) mass is 347 g/mol. The molecule has 2 aromatic carbocycles. The van der Waals surface area contributed by atoms with E-state index in [4.69, 9.17) is 21.4 Å². The van der Waals surface area contributed by atoms with Crippen LogP contribution in [0.5, 0.6) is 0 Å². The van der Waals surface area contributed by atoms with Crippen molar-refractivity contribution in [3.8, 4) is 0 Å². The molecule has 0 saturated carbocycles. The van der Waals surface area contributed by atoms with Crippen LogP contribution in [0, 0.1) is 0 Å². The number of allylic oxidation sites excluding steroid dienone is 5. The highest BCUT2D eigenvalue weighted by Gasteiger charge is 2.18. The molecule has 0 fully saturated rings. The van der Waals surface area contributed by atoms with E-state index in [0.29, 0.717) is 0 Å². The topological polar surface area (TPSA) is 95.2 Å². The lowest BCUT2D eigenvalue weighted by atomic mass is 10.1. The third-order valence-electron chi connectivity index (χ3n) is 3.50. The number of nitrogen functional groups attached to an aromatic ring is 2. The largest absolute Gasteiger partial charge is 0.550 e. The van der Waals surface area contributed by atoms with Crippen molar-refractivity contribution < 1.29 is 9.90 Å². The Morgan fingerprint density at radius 3 is 1.54 bits per heavy atom. The summed E-state index contributed by atoms with van der Waals surface area (Å²) in [6.45, 7) is 4.91. The van der Waals surface area contributed by atoms with Gasteiger partial charge in [-0.15, -0.1) is 0 Å². The molecule has 0 aliphatic heterocycles. The number of carbonyl (C=O) groups excluding carboxylic acids is 1. The average molecular weight is 347 g/mol. The fraction of sp³-hybridized carbons (Fsp3) is 0.0476. The van der Waals surface area contributed by atoms with E-state index in [-0.39, 0.29) is 0 Å². The van der Waals surface area contributed by atoms with E-state index in [1.807, 2.05) is 60.7 Å². The highest BCUT2D eigenvalue weighted by molar-refractivity contribution is 6.08. The summed E-state index contributed by atoms with van der Waals surface area (Å²) < 4.78 is 2.15. The van der Waals surface area contributed by atoms with Crippen LogP contribution in [-0.4, -0.2) is 11.7 Å². The predicted molar refractivity (Wildman–Crippen MR) is 106 cm³/mol. The zero-order chi connectivity index (χ0) is 19.1. The van der Waals surface area contributed by atoms with Gasteiger partial charge in [-0.2, -0.15) is 4.58 Å². The Morgan fingerprint density at radius 2 is 1.19 bits per heavy atom. The zero-order valence-corrected chi connectivity index (χ0v) is 14.6. The van der Waals surface area contributed by atoms with Gasteiger partial charge in [-0.1, -0.05) is 6.58 Å². The molecular formula is C21H21N3O2. The number of nitrogens with zero attached hydrogens (tertiary/aromatic N) is 1. The summed E-state index contributed by atoms with van der Waals surface area (Å²) in [5, 5.41) is 8.89. The molecule has 5 nitrogen and oxygen atoms in total. The minimum absolute atomic E-state index is 0.745. The Morgan fingerprint density at radius 1 is 0.846 bits per heavy atom. The first-order valence-corrected chi connectivity index (χ1v) is 7.97. The number of anilines is 2. The first-order chi connectivity index (χ1) is 12.4. The minimum atomic E-state index is -1.08. The van der Waals surface area contributed by atoms with Crippen LogP contribution in [0.4, 0.5) is 22.7 Å². The Hall–Kier alpha value is -3.60. The van der Waals surface area contributed by atoms with Crippen LogP contribution in [0.1, 0.15) is 6.92 Å².